The van der Waals surface area contributed by atoms with Gasteiger partial charge in [0.15, 0.2) is 11.5 Å². The Labute approximate surface area is 327 Å². The van der Waals surface area contributed by atoms with Crippen molar-refractivity contribution in [1.82, 2.24) is 10.6 Å². The highest BCUT2D eigenvalue weighted by atomic mass is 16.5. The van der Waals surface area contributed by atoms with Crippen LogP contribution in [0.15, 0.2) is 18.2 Å². The van der Waals surface area contributed by atoms with E-state index in [9.17, 15) is 5.11 Å². The lowest BCUT2D eigenvalue weighted by molar-refractivity contribution is -0.167. The van der Waals surface area contributed by atoms with E-state index >= 15 is 0 Å². The van der Waals surface area contributed by atoms with Gasteiger partial charge in [-0.2, -0.15) is 0 Å². The average Bonchev–Trinajstić information content (AvgIpc) is 3.50. The summed E-state index contributed by atoms with van der Waals surface area (Å²) in [4.78, 5) is 0. The van der Waals surface area contributed by atoms with Crippen LogP contribution in [0, 0.1) is 52.3 Å². The van der Waals surface area contributed by atoms with Gasteiger partial charge in [-0.1, -0.05) is 98.5 Å². The number of nitrogens with one attached hydrogen (secondary N) is 2. The van der Waals surface area contributed by atoms with Gasteiger partial charge < -0.3 is 25.2 Å². The fourth-order valence-corrected chi connectivity index (χ4v) is 12.8. The molecule has 3 N–H and O–H groups in total. The number of unbranched alkanes of at least 4 members (excludes halogenated alkanes) is 7. The Bertz CT molecular complexity index is 1210. The molecule has 4 unspecified atom stereocenters. The van der Waals surface area contributed by atoms with E-state index in [1.54, 1.807) is 14.2 Å². The van der Waals surface area contributed by atoms with Gasteiger partial charge >= 0.3 is 0 Å². The third-order valence-electron chi connectivity index (χ3n) is 15.9. The topological polar surface area (TPSA) is 62.8 Å². The molecular formula is C48H84N2O3. The van der Waals surface area contributed by atoms with Gasteiger partial charge in [0.25, 0.3) is 0 Å². The molecule has 0 saturated heterocycles. The van der Waals surface area contributed by atoms with Crippen LogP contribution in [-0.4, -0.2) is 51.1 Å². The fourth-order valence-electron chi connectivity index (χ4n) is 12.8. The van der Waals surface area contributed by atoms with Crippen molar-refractivity contribution in [3.8, 4) is 11.5 Å². The minimum atomic E-state index is -0.0816. The van der Waals surface area contributed by atoms with Gasteiger partial charge in [-0.15, -0.1) is 0 Å². The highest BCUT2D eigenvalue weighted by molar-refractivity contribution is 5.42. The lowest BCUT2D eigenvalue weighted by Gasteiger charge is -2.62. The average molecular weight is 737 g/mol. The number of aliphatic hydroxyl groups excluding tert-OH is 1. The summed E-state index contributed by atoms with van der Waals surface area (Å²) in [5, 5.41) is 19.6. The van der Waals surface area contributed by atoms with Crippen molar-refractivity contribution >= 4 is 0 Å². The summed E-state index contributed by atoms with van der Waals surface area (Å²) < 4.78 is 10.8. The molecule has 1 aromatic rings. The molecule has 0 spiro atoms. The molecule has 5 heteroatoms. The quantitative estimate of drug-likeness (QED) is 0.0977. The van der Waals surface area contributed by atoms with Crippen LogP contribution in [0.5, 0.6) is 11.5 Å². The van der Waals surface area contributed by atoms with Gasteiger partial charge in [0, 0.05) is 6.04 Å². The van der Waals surface area contributed by atoms with Crippen LogP contribution in [-0.2, 0) is 6.42 Å². The maximum absolute atomic E-state index is 11.9. The number of benzene rings is 1. The van der Waals surface area contributed by atoms with Crippen molar-refractivity contribution in [3.63, 3.8) is 0 Å². The molecule has 0 aromatic heterocycles. The summed E-state index contributed by atoms with van der Waals surface area (Å²) >= 11 is 0. The van der Waals surface area contributed by atoms with Crippen molar-refractivity contribution in [1.29, 1.82) is 0 Å². The predicted octanol–water partition coefficient (Wildman–Crippen LogP) is 11.4. The number of aliphatic hydroxyl groups is 1. The molecule has 0 amide bonds. The molecule has 4 saturated carbocycles. The number of hydrogen-bond acceptors (Lipinski definition) is 5. The molecule has 0 aliphatic heterocycles. The summed E-state index contributed by atoms with van der Waals surface area (Å²) in [6.07, 6.45) is 27.7. The maximum atomic E-state index is 11.9. The molecular weight excluding hydrogens is 653 g/mol. The lowest BCUT2D eigenvalue weighted by atomic mass is 9.43. The van der Waals surface area contributed by atoms with E-state index in [0.29, 0.717) is 28.7 Å². The fraction of sp³-hybridized carbons (Fsp3) is 0.875. The zero-order chi connectivity index (χ0) is 37.8. The van der Waals surface area contributed by atoms with Gasteiger partial charge in [-0.3, -0.25) is 0 Å². The molecule has 53 heavy (non-hydrogen) atoms. The largest absolute Gasteiger partial charge is 0.493 e. The van der Waals surface area contributed by atoms with Crippen LogP contribution in [0.25, 0.3) is 0 Å². The smallest absolute Gasteiger partial charge is 0.160 e. The Balaban J connectivity index is 0.897. The second kappa shape index (κ2) is 20.7. The summed E-state index contributed by atoms with van der Waals surface area (Å²) in [5.74, 6) is 6.87. The molecule has 0 bridgehead atoms. The molecule has 5 nitrogen and oxygen atoms in total. The van der Waals surface area contributed by atoms with E-state index in [0.717, 1.165) is 73.6 Å². The monoisotopic (exact) mass is 737 g/mol. The summed E-state index contributed by atoms with van der Waals surface area (Å²) in [7, 11) is 3.40. The number of hydrogen-bond donors (Lipinski definition) is 3. The van der Waals surface area contributed by atoms with Crippen molar-refractivity contribution in [3.05, 3.63) is 23.8 Å². The normalized spacial score (nSPS) is 33.0. The number of rotatable bonds is 23. The standard InChI is InChI=1S/C48H84N2O3/c1-35(2)18-16-19-36(3)40-22-23-41-46-42(26-28-48(40,41)5)47(4)27-25-39(33-38(47)34-43(46)51)50-31-17-30-49-29-15-13-11-9-8-10-12-14-20-37-21-24-44(52-6)45(32-37)53-7/h21,24,32,35-36,38-43,46,49-51H,8-20,22-23,25-31,33-34H2,1-7H3/t36-,38-,39+,40-,41?,42?,43?,46?,47+,48-/m1/s1. The van der Waals surface area contributed by atoms with E-state index in [2.05, 4.69) is 57.4 Å². The maximum Gasteiger partial charge on any atom is 0.160 e. The summed E-state index contributed by atoms with van der Waals surface area (Å²) in [6, 6.07) is 6.94. The zero-order valence-electron chi connectivity index (χ0n) is 35.7. The van der Waals surface area contributed by atoms with Gasteiger partial charge in [0.1, 0.15) is 0 Å². The number of methoxy groups -OCH3 is 2. The molecule has 304 valence electrons. The summed E-state index contributed by atoms with van der Waals surface area (Å²) in [6.45, 7) is 16.0. The molecule has 0 radical (unpaired) electrons. The van der Waals surface area contributed by atoms with Crippen LogP contribution in [0.1, 0.15) is 169 Å². The van der Waals surface area contributed by atoms with Crippen molar-refractivity contribution in [2.24, 2.45) is 52.3 Å². The molecule has 5 rings (SSSR count). The predicted molar refractivity (Wildman–Crippen MR) is 224 cm³/mol. The van der Waals surface area contributed by atoms with Gasteiger partial charge in [-0.05, 0) is 167 Å². The van der Waals surface area contributed by atoms with Gasteiger partial charge in [-0.25, -0.2) is 0 Å². The number of aryl methyl sites for hydroxylation is 1. The van der Waals surface area contributed by atoms with Crippen LogP contribution >= 0.6 is 0 Å². The van der Waals surface area contributed by atoms with Crippen molar-refractivity contribution in [2.75, 3.05) is 33.9 Å². The third-order valence-corrected chi connectivity index (χ3v) is 15.9. The highest BCUT2D eigenvalue weighted by Gasteiger charge is 2.62. The minimum absolute atomic E-state index is 0.0816. The second-order valence-electron chi connectivity index (χ2n) is 19.6. The number of ether oxygens (including phenoxy) is 2. The first kappa shape index (κ1) is 42.8. The SMILES string of the molecule is COc1ccc(CCCCCCCCCCNCCCN[C@H]2CC[C@]3(C)C4CC[C@@]5(C)C(CC[C@@H]5[C@H](C)CCCC(C)C)C4C(O)C[C@H]3C2)cc1OC. The summed E-state index contributed by atoms with van der Waals surface area (Å²) in [5.41, 5.74) is 2.22. The molecule has 4 fully saturated rings. The Morgan fingerprint density at radius 3 is 2.13 bits per heavy atom. The molecule has 4 aliphatic rings. The van der Waals surface area contributed by atoms with Crippen molar-refractivity contribution < 1.29 is 14.6 Å². The molecule has 4 aliphatic carbocycles. The molecule has 10 atom stereocenters. The van der Waals surface area contributed by atoms with E-state index in [-0.39, 0.29) is 6.10 Å². The Hall–Kier alpha value is -1.30. The van der Waals surface area contributed by atoms with Crippen LogP contribution in [0.3, 0.4) is 0 Å². The third kappa shape index (κ3) is 11.0. The first-order chi connectivity index (χ1) is 25.6. The van der Waals surface area contributed by atoms with E-state index in [1.807, 2.05) is 6.07 Å². The van der Waals surface area contributed by atoms with Gasteiger partial charge in [0.2, 0.25) is 0 Å². The minimum Gasteiger partial charge on any atom is -0.493 e. The van der Waals surface area contributed by atoms with E-state index in [4.69, 9.17) is 9.47 Å². The Kier molecular flexibility index (Phi) is 16.8. The van der Waals surface area contributed by atoms with Crippen LogP contribution < -0.4 is 20.1 Å². The first-order valence-corrected chi connectivity index (χ1v) is 22.9. The second-order valence-corrected chi connectivity index (χ2v) is 19.6. The lowest BCUT2D eigenvalue weighted by Crippen LogP contribution is -2.59. The Morgan fingerprint density at radius 1 is 0.717 bits per heavy atom. The molecule has 1 aromatic carbocycles. The van der Waals surface area contributed by atoms with E-state index in [1.165, 1.54) is 128 Å². The highest BCUT2D eigenvalue weighted by Crippen LogP contribution is 2.68. The Morgan fingerprint density at radius 2 is 1.40 bits per heavy atom. The van der Waals surface area contributed by atoms with Crippen molar-refractivity contribution in [2.45, 2.75) is 182 Å². The first-order valence-electron chi connectivity index (χ1n) is 22.9. The molecule has 0 heterocycles. The zero-order valence-corrected chi connectivity index (χ0v) is 35.7. The number of fused-ring (bicyclic) bond motifs is 5. The van der Waals surface area contributed by atoms with Crippen LogP contribution in [0.4, 0.5) is 0 Å². The van der Waals surface area contributed by atoms with Crippen LogP contribution in [0.2, 0.25) is 0 Å². The van der Waals surface area contributed by atoms with E-state index < -0.39 is 0 Å². The van der Waals surface area contributed by atoms with Gasteiger partial charge in [0.05, 0.1) is 20.3 Å².